The Bertz CT molecular complexity index is 538. The van der Waals surface area contributed by atoms with Crippen LogP contribution >= 0.6 is 0 Å². The van der Waals surface area contributed by atoms with Gasteiger partial charge in [0.1, 0.15) is 24.4 Å². The van der Waals surface area contributed by atoms with Crippen LogP contribution in [0.1, 0.15) is 6.92 Å². The zero-order chi connectivity index (χ0) is 17.0. The number of rotatable bonds is 5. The van der Waals surface area contributed by atoms with Crippen LogP contribution < -0.4 is 14.8 Å². The van der Waals surface area contributed by atoms with E-state index >= 15 is 0 Å². The third-order valence-corrected chi connectivity index (χ3v) is 3.56. The topological polar surface area (TPSA) is 117 Å². The van der Waals surface area contributed by atoms with Crippen LogP contribution in [0.25, 0.3) is 0 Å². The molecule has 1 aromatic carbocycles. The molecule has 2 rings (SSSR count). The van der Waals surface area contributed by atoms with Crippen molar-refractivity contribution in [2.24, 2.45) is 0 Å². The third kappa shape index (κ3) is 3.91. The first-order valence-electron chi connectivity index (χ1n) is 7.17. The fourth-order valence-electron chi connectivity index (χ4n) is 2.41. The van der Waals surface area contributed by atoms with Gasteiger partial charge in [0.2, 0.25) is 12.2 Å². The largest absolute Gasteiger partial charge is 0.493 e. The first-order chi connectivity index (χ1) is 11.0. The monoisotopic (exact) mass is 327 g/mol. The lowest BCUT2D eigenvalue weighted by Gasteiger charge is -2.42. The van der Waals surface area contributed by atoms with Crippen molar-refractivity contribution in [2.45, 2.75) is 37.6 Å². The second-order valence-corrected chi connectivity index (χ2v) is 5.20. The van der Waals surface area contributed by atoms with Crippen molar-refractivity contribution in [1.29, 1.82) is 0 Å². The van der Waals surface area contributed by atoms with Gasteiger partial charge < -0.3 is 34.8 Å². The van der Waals surface area contributed by atoms with Crippen molar-refractivity contribution in [3.63, 3.8) is 0 Å². The Kier molecular flexibility index (Phi) is 5.78. The van der Waals surface area contributed by atoms with Gasteiger partial charge in [0.25, 0.3) is 0 Å². The molecule has 1 fully saturated rings. The molecule has 1 aliphatic heterocycles. The van der Waals surface area contributed by atoms with E-state index < -0.39 is 43.2 Å². The van der Waals surface area contributed by atoms with E-state index in [1.54, 1.807) is 24.3 Å². The number of aliphatic hydroxyl groups excluding tert-OH is 3. The van der Waals surface area contributed by atoms with Gasteiger partial charge in [-0.2, -0.15) is 0 Å². The minimum Gasteiger partial charge on any atom is -0.493 e. The molecule has 1 saturated heterocycles. The molecule has 1 amide bonds. The normalized spacial score (nSPS) is 30.6. The van der Waals surface area contributed by atoms with Gasteiger partial charge in [-0.1, -0.05) is 12.1 Å². The zero-order valence-corrected chi connectivity index (χ0v) is 12.9. The average molecular weight is 327 g/mol. The molecule has 0 saturated carbocycles. The van der Waals surface area contributed by atoms with Gasteiger partial charge in [-0.25, -0.2) is 0 Å². The Morgan fingerprint density at radius 3 is 2.48 bits per heavy atom. The molecule has 0 aliphatic carbocycles. The van der Waals surface area contributed by atoms with E-state index in [9.17, 15) is 20.1 Å². The number of amides is 1. The molecule has 23 heavy (non-hydrogen) atoms. The minimum absolute atomic E-state index is 0.343. The maximum absolute atomic E-state index is 11.3. The molecule has 128 valence electrons. The summed E-state index contributed by atoms with van der Waals surface area (Å²) < 4.78 is 16.4. The zero-order valence-electron chi connectivity index (χ0n) is 12.9. The van der Waals surface area contributed by atoms with Gasteiger partial charge in [0.15, 0.2) is 11.5 Å². The van der Waals surface area contributed by atoms with E-state index in [4.69, 9.17) is 14.2 Å². The predicted octanol–water partition coefficient (Wildman–Crippen LogP) is -0.982. The highest BCUT2D eigenvalue weighted by Crippen LogP contribution is 2.30. The molecule has 8 heteroatoms. The fraction of sp³-hybridized carbons (Fsp3) is 0.533. The maximum atomic E-state index is 11.3. The van der Waals surface area contributed by atoms with Crippen LogP contribution in [0.2, 0.25) is 0 Å². The molecule has 5 atom stereocenters. The molecule has 0 bridgehead atoms. The van der Waals surface area contributed by atoms with Crippen molar-refractivity contribution < 1.29 is 34.3 Å². The highest BCUT2D eigenvalue weighted by atomic mass is 16.7. The first-order valence-corrected chi connectivity index (χ1v) is 7.17. The number of hydrogen-bond acceptors (Lipinski definition) is 7. The summed E-state index contributed by atoms with van der Waals surface area (Å²) in [4.78, 5) is 11.3. The molecule has 0 radical (unpaired) electrons. The third-order valence-electron chi connectivity index (χ3n) is 3.56. The lowest BCUT2D eigenvalue weighted by atomic mass is 9.97. The molecular formula is C15H21NO7. The predicted molar refractivity (Wildman–Crippen MR) is 79.0 cm³/mol. The average Bonchev–Trinajstić information content (AvgIpc) is 2.54. The van der Waals surface area contributed by atoms with Crippen molar-refractivity contribution in [2.75, 3.05) is 13.7 Å². The van der Waals surface area contributed by atoms with Crippen molar-refractivity contribution in [3.05, 3.63) is 24.3 Å². The first kappa shape index (κ1) is 17.5. The van der Waals surface area contributed by atoms with Crippen LogP contribution in [0.4, 0.5) is 0 Å². The highest BCUT2D eigenvalue weighted by Gasteiger charge is 2.46. The number of para-hydroxylation sites is 2. The number of hydrogen-bond donors (Lipinski definition) is 4. The smallest absolute Gasteiger partial charge is 0.223 e. The van der Waals surface area contributed by atoms with Gasteiger partial charge in [-0.05, 0) is 12.1 Å². The van der Waals surface area contributed by atoms with Gasteiger partial charge in [0.05, 0.1) is 13.7 Å². The van der Waals surface area contributed by atoms with Crippen molar-refractivity contribution in [1.82, 2.24) is 5.32 Å². The van der Waals surface area contributed by atoms with Crippen LogP contribution in [0.3, 0.4) is 0 Å². The molecule has 0 unspecified atom stereocenters. The summed E-state index contributed by atoms with van der Waals surface area (Å²) in [6, 6.07) is 5.80. The molecule has 1 aromatic rings. The summed E-state index contributed by atoms with van der Waals surface area (Å²) in [6.07, 6.45) is -4.85. The Morgan fingerprint density at radius 2 is 1.91 bits per heavy atom. The highest BCUT2D eigenvalue weighted by molar-refractivity contribution is 5.73. The van der Waals surface area contributed by atoms with Crippen LogP contribution in [0.15, 0.2) is 24.3 Å². The molecule has 8 nitrogen and oxygen atoms in total. The number of aliphatic hydroxyl groups is 3. The van der Waals surface area contributed by atoms with Crippen LogP contribution in [-0.2, 0) is 9.53 Å². The Hall–Kier alpha value is -1.87. The summed E-state index contributed by atoms with van der Waals surface area (Å²) in [5.74, 6) is 0.371. The van der Waals surface area contributed by atoms with E-state index in [-0.39, 0.29) is 0 Å². The molecule has 0 spiro atoms. The van der Waals surface area contributed by atoms with E-state index in [1.165, 1.54) is 14.0 Å². The number of ether oxygens (including phenoxy) is 3. The standard InChI is InChI=1S/C15H21NO7/c1-8(18)16-12-14(20)13(19)11(7-17)23-15(12)22-10-6-4-3-5-9(10)21-2/h3-6,11-15,17,19-20H,7H2,1-2H3,(H,16,18)/t11-,12-,13-,14-,15-/m1/s1. The van der Waals surface area contributed by atoms with E-state index in [0.29, 0.717) is 11.5 Å². The summed E-state index contributed by atoms with van der Waals surface area (Å²) in [6.45, 7) is 0.772. The van der Waals surface area contributed by atoms with E-state index in [2.05, 4.69) is 5.32 Å². The van der Waals surface area contributed by atoms with Crippen molar-refractivity contribution >= 4 is 5.91 Å². The number of methoxy groups -OCH3 is 1. The number of nitrogens with one attached hydrogen (secondary N) is 1. The summed E-state index contributed by atoms with van der Waals surface area (Å²) >= 11 is 0. The number of carbonyl (C=O) groups is 1. The van der Waals surface area contributed by atoms with Crippen LogP contribution in [0.5, 0.6) is 11.5 Å². The quantitative estimate of drug-likeness (QED) is 0.549. The van der Waals surface area contributed by atoms with Crippen LogP contribution in [-0.4, -0.2) is 65.6 Å². The Labute approximate surface area is 133 Å². The van der Waals surface area contributed by atoms with Gasteiger partial charge >= 0.3 is 0 Å². The maximum Gasteiger partial charge on any atom is 0.223 e. The fourth-order valence-corrected chi connectivity index (χ4v) is 2.41. The molecule has 1 aliphatic rings. The molecule has 4 N–H and O–H groups in total. The Balaban J connectivity index is 2.25. The summed E-state index contributed by atoms with van der Waals surface area (Å²) in [7, 11) is 1.48. The van der Waals surface area contributed by atoms with E-state index in [0.717, 1.165) is 0 Å². The molecular weight excluding hydrogens is 306 g/mol. The molecule has 0 aromatic heterocycles. The van der Waals surface area contributed by atoms with Crippen molar-refractivity contribution in [3.8, 4) is 11.5 Å². The molecule has 1 heterocycles. The number of carbonyl (C=O) groups excluding carboxylic acids is 1. The second-order valence-electron chi connectivity index (χ2n) is 5.20. The second kappa shape index (κ2) is 7.60. The van der Waals surface area contributed by atoms with Crippen LogP contribution in [0, 0.1) is 0 Å². The Morgan fingerprint density at radius 1 is 1.26 bits per heavy atom. The van der Waals surface area contributed by atoms with Gasteiger partial charge in [0, 0.05) is 6.92 Å². The van der Waals surface area contributed by atoms with Gasteiger partial charge in [-0.3, -0.25) is 4.79 Å². The summed E-state index contributed by atoms with van der Waals surface area (Å²) in [5, 5.41) is 31.9. The lowest BCUT2D eigenvalue weighted by molar-refractivity contribution is -0.244. The van der Waals surface area contributed by atoms with Gasteiger partial charge in [-0.15, -0.1) is 0 Å². The minimum atomic E-state index is -1.36. The summed E-state index contributed by atoms with van der Waals surface area (Å²) in [5.41, 5.74) is 0. The number of benzene rings is 1. The SMILES string of the molecule is COc1ccccc1O[C@@H]1O[C@H](CO)[C@@H](O)[C@H](O)[C@H]1NC(C)=O. The van der Waals surface area contributed by atoms with E-state index in [1.807, 2.05) is 0 Å². The lowest BCUT2D eigenvalue weighted by Crippen LogP contribution is -2.65.